The number of hydrazone groups is 1. The van der Waals surface area contributed by atoms with Crippen LogP contribution in [0, 0.1) is 0 Å². The van der Waals surface area contributed by atoms with E-state index in [0.29, 0.717) is 44.0 Å². The van der Waals surface area contributed by atoms with Crippen LogP contribution in [0.3, 0.4) is 0 Å². The maximum Gasteiger partial charge on any atom is 0.243 e. The molecular formula is C27H36N4O4. The van der Waals surface area contributed by atoms with Crippen molar-refractivity contribution in [3.63, 3.8) is 0 Å². The van der Waals surface area contributed by atoms with Crippen LogP contribution in [-0.4, -0.2) is 60.8 Å². The van der Waals surface area contributed by atoms with Gasteiger partial charge in [0.05, 0.1) is 32.5 Å². The minimum atomic E-state index is -0.0383. The van der Waals surface area contributed by atoms with Crippen molar-refractivity contribution < 1.29 is 19.1 Å². The van der Waals surface area contributed by atoms with Crippen molar-refractivity contribution >= 4 is 23.2 Å². The van der Waals surface area contributed by atoms with E-state index in [-0.39, 0.29) is 11.8 Å². The molecule has 3 rings (SSSR count). The average Bonchev–Trinajstić information content (AvgIpc) is 2.88. The van der Waals surface area contributed by atoms with Crippen LogP contribution in [0.25, 0.3) is 0 Å². The lowest BCUT2D eigenvalue weighted by atomic mass is 10.0. The summed E-state index contributed by atoms with van der Waals surface area (Å²) in [6.07, 6.45) is 1.87. The summed E-state index contributed by atoms with van der Waals surface area (Å²) in [4.78, 5) is 26.9. The predicted molar refractivity (Wildman–Crippen MR) is 138 cm³/mol. The highest BCUT2D eigenvalue weighted by Crippen LogP contribution is 2.30. The molecule has 1 heterocycles. The molecule has 2 aromatic carbocycles. The van der Waals surface area contributed by atoms with Gasteiger partial charge in [-0.15, -0.1) is 0 Å². The molecule has 2 aromatic rings. The number of hydrogen-bond acceptors (Lipinski definition) is 6. The zero-order valence-corrected chi connectivity index (χ0v) is 21.2. The van der Waals surface area contributed by atoms with E-state index in [1.54, 1.807) is 7.11 Å². The van der Waals surface area contributed by atoms with E-state index in [4.69, 9.17) is 9.47 Å². The smallest absolute Gasteiger partial charge is 0.243 e. The van der Waals surface area contributed by atoms with Gasteiger partial charge < -0.3 is 14.8 Å². The van der Waals surface area contributed by atoms with Gasteiger partial charge in [-0.3, -0.25) is 14.5 Å². The summed E-state index contributed by atoms with van der Waals surface area (Å²) in [7, 11) is 1.62. The molecule has 1 aliphatic rings. The molecule has 0 aliphatic carbocycles. The van der Waals surface area contributed by atoms with Crippen LogP contribution in [0.2, 0.25) is 0 Å². The summed E-state index contributed by atoms with van der Waals surface area (Å²) < 4.78 is 11.2. The lowest BCUT2D eigenvalue weighted by Crippen LogP contribution is -2.33. The van der Waals surface area contributed by atoms with Crippen LogP contribution in [-0.2, 0) is 16.1 Å². The standard InChI is InChI=1S/C27H36N4O4/c1-5-16-35-25-17-21(10-14-24(25)34-4)23-13-15-27(33)31(29-23)18-20-8-11-22(12-9-20)28-26(32)19-30(6-2)7-3/h8-12,14,17H,5-7,13,15-16,18-19H2,1-4H3,(H,28,32). The number of nitrogens with one attached hydrogen (secondary N) is 1. The van der Waals surface area contributed by atoms with E-state index >= 15 is 0 Å². The van der Waals surface area contributed by atoms with Gasteiger partial charge in [0, 0.05) is 24.1 Å². The topological polar surface area (TPSA) is 83.5 Å². The second-order valence-corrected chi connectivity index (χ2v) is 8.42. The average molecular weight is 481 g/mol. The summed E-state index contributed by atoms with van der Waals surface area (Å²) in [5, 5.41) is 9.10. The molecule has 0 bridgehead atoms. The van der Waals surface area contributed by atoms with E-state index in [0.717, 1.165) is 42.0 Å². The van der Waals surface area contributed by atoms with Gasteiger partial charge in [-0.05, 0) is 55.4 Å². The number of amides is 2. The Morgan fingerprint density at radius 1 is 1.06 bits per heavy atom. The molecule has 1 N–H and O–H groups in total. The fourth-order valence-electron chi connectivity index (χ4n) is 3.83. The zero-order valence-electron chi connectivity index (χ0n) is 21.2. The first-order valence-electron chi connectivity index (χ1n) is 12.3. The molecule has 0 aromatic heterocycles. The SMILES string of the molecule is CCCOc1cc(C2=NN(Cc3ccc(NC(=O)CN(CC)CC)cc3)C(=O)CC2)ccc1OC. The Morgan fingerprint density at radius 2 is 1.80 bits per heavy atom. The molecule has 35 heavy (non-hydrogen) atoms. The van der Waals surface area contributed by atoms with Crippen molar-refractivity contribution in [2.24, 2.45) is 5.10 Å². The third kappa shape index (κ3) is 7.29. The van der Waals surface area contributed by atoms with Crippen LogP contribution in [0.15, 0.2) is 47.6 Å². The first-order chi connectivity index (χ1) is 17.0. The van der Waals surface area contributed by atoms with Gasteiger partial charge in [0.2, 0.25) is 11.8 Å². The maximum absolute atomic E-state index is 12.6. The van der Waals surface area contributed by atoms with Crippen LogP contribution >= 0.6 is 0 Å². The van der Waals surface area contributed by atoms with Crippen molar-refractivity contribution in [3.8, 4) is 11.5 Å². The highest BCUT2D eigenvalue weighted by atomic mass is 16.5. The molecule has 2 amide bonds. The van der Waals surface area contributed by atoms with E-state index in [1.165, 1.54) is 5.01 Å². The normalized spacial score (nSPS) is 13.6. The Labute approximate surface area is 207 Å². The minimum Gasteiger partial charge on any atom is -0.493 e. The number of nitrogens with zero attached hydrogens (tertiary/aromatic N) is 3. The van der Waals surface area contributed by atoms with Crippen molar-refractivity contribution in [1.29, 1.82) is 0 Å². The molecule has 0 radical (unpaired) electrons. The number of methoxy groups -OCH3 is 1. The molecule has 0 saturated heterocycles. The molecule has 8 heteroatoms. The maximum atomic E-state index is 12.6. The number of carbonyl (C=O) groups excluding carboxylic acids is 2. The Balaban J connectivity index is 1.69. The lowest BCUT2D eigenvalue weighted by Gasteiger charge is -2.24. The second kappa shape index (κ2) is 12.9. The quantitative estimate of drug-likeness (QED) is 0.490. The fourth-order valence-corrected chi connectivity index (χ4v) is 3.83. The Morgan fingerprint density at radius 3 is 2.46 bits per heavy atom. The Hall–Kier alpha value is -3.39. The monoisotopic (exact) mass is 480 g/mol. The largest absolute Gasteiger partial charge is 0.493 e. The van der Waals surface area contributed by atoms with Crippen LogP contribution < -0.4 is 14.8 Å². The van der Waals surface area contributed by atoms with Gasteiger partial charge in [0.1, 0.15) is 0 Å². The van der Waals surface area contributed by atoms with Crippen LogP contribution in [0.1, 0.15) is 51.2 Å². The van der Waals surface area contributed by atoms with Crippen molar-refractivity contribution in [1.82, 2.24) is 9.91 Å². The van der Waals surface area contributed by atoms with Gasteiger partial charge in [0.25, 0.3) is 0 Å². The van der Waals surface area contributed by atoms with Gasteiger partial charge >= 0.3 is 0 Å². The van der Waals surface area contributed by atoms with Gasteiger partial charge in [0.15, 0.2) is 11.5 Å². The van der Waals surface area contributed by atoms with Gasteiger partial charge in [-0.25, -0.2) is 5.01 Å². The molecular weight excluding hydrogens is 444 g/mol. The van der Waals surface area contributed by atoms with Crippen LogP contribution in [0.4, 0.5) is 5.69 Å². The fraction of sp³-hybridized carbons (Fsp3) is 0.444. The van der Waals surface area contributed by atoms with Crippen LogP contribution in [0.5, 0.6) is 11.5 Å². The second-order valence-electron chi connectivity index (χ2n) is 8.42. The van der Waals surface area contributed by atoms with E-state index in [2.05, 4.69) is 22.2 Å². The summed E-state index contributed by atoms with van der Waals surface area (Å²) in [6, 6.07) is 13.3. The zero-order chi connectivity index (χ0) is 25.2. The third-order valence-electron chi connectivity index (χ3n) is 5.90. The van der Waals surface area contributed by atoms with Crippen molar-refractivity contribution in [2.45, 2.75) is 46.6 Å². The number of carbonyl (C=O) groups is 2. The Bertz CT molecular complexity index is 1030. The molecule has 1 aliphatic heterocycles. The minimum absolute atomic E-state index is 0.0127. The number of rotatable bonds is 12. The molecule has 0 saturated carbocycles. The first-order valence-corrected chi connectivity index (χ1v) is 12.3. The summed E-state index contributed by atoms with van der Waals surface area (Å²) >= 11 is 0. The molecule has 0 spiro atoms. The molecule has 0 fully saturated rings. The molecule has 0 atom stereocenters. The number of ether oxygens (including phenoxy) is 2. The number of anilines is 1. The van der Waals surface area contributed by atoms with E-state index in [9.17, 15) is 9.59 Å². The van der Waals surface area contributed by atoms with Crippen molar-refractivity contribution in [3.05, 3.63) is 53.6 Å². The number of likely N-dealkylation sites (N-methyl/N-ethyl adjacent to an activating group) is 1. The van der Waals surface area contributed by atoms with E-state index < -0.39 is 0 Å². The van der Waals surface area contributed by atoms with Crippen molar-refractivity contribution in [2.75, 3.05) is 38.7 Å². The number of benzene rings is 2. The Kier molecular flexibility index (Phi) is 9.66. The predicted octanol–water partition coefficient (Wildman–Crippen LogP) is 4.29. The molecule has 8 nitrogen and oxygen atoms in total. The first kappa shape index (κ1) is 26.2. The molecule has 0 unspecified atom stereocenters. The van der Waals surface area contributed by atoms with Gasteiger partial charge in [-0.2, -0.15) is 5.10 Å². The number of hydrogen-bond donors (Lipinski definition) is 1. The summed E-state index contributed by atoms with van der Waals surface area (Å²) in [5.41, 5.74) is 3.43. The summed E-state index contributed by atoms with van der Waals surface area (Å²) in [6.45, 7) is 9.12. The summed E-state index contributed by atoms with van der Waals surface area (Å²) in [5.74, 6) is 1.30. The molecule has 188 valence electrons. The highest BCUT2D eigenvalue weighted by Gasteiger charge is 2.22. The van der Waals surface area contributed by atoms with Gasteiger partial charge in [-0.1, -0.05) is 32.9 Å². The van der Waals surface area contributed by atoms with E-state index in [1.807, 2.05) is 56.3 Å². The third-order valence-corrected chi connectivity index (χ3v) is 5.90. The lowest BCUT2D eigenvalue weighted by molar-refractivity contribution is -0.132. The highest BCUT2D eigenvalue weighted by molar-refractivity contribution is 6.04.